The summed E-state index contributed by atoms with van der Waals surface area (Å²) in [4.78, 5) is 21.0. The minimum absolute atomic E-state index is 0.383. The molecule has 0 amide bonds. The van der Waals surface area contributed by atoms with Gasteiger partial charge in [0.05, 0.1) is 5.69 Å². The molecule has 2 aliphatic rings. The van der Waals surface area contributed by atoms with E-state index in [4.69, 9.17) is 0 Å². The lowest BCUT2D eigenvalue weighted by molar-refractivity contribution is 0.0700. The number of anilines is 1. The van der Waals surface area contributed by atoms with Crippen LogP contribution in [-0.4, -0.2) is 54.2 Å². The van der Waals surface area contributed by atoms with E-state index in [0.29, 0.717) is 16.8 Å². The minimum Gasteiger partial charge on any atom is -0.477 e. The number of carbonyl (C=O) groups is 1. The summed E-state index contributed by atoms with van der Waals surface area (Å²) >= 11 is 1.34. The van der Waals surface area contributed by atoms with Crippen molar-refractivity contribution >= 4 is 22.4 Å². The molecule has 110 valence electrons. The lowest BCUT2D eigenvalue weighted by Crippen LogP contribution is -2.45. The van der Waals surface area contributed by atoms with E-state index in [0.717, 1.165) is 43.2 Å². The number of piperidine rings is 1. The summed E-state index contributed by atoms with van der Waals surface area (Å²) in [7, 11) is 4.19. The lowest BCUT2D eigenvalue weighted by Gasteiger charge is -2.35. The van der Waals surface area contributed by atoms with E-state index in [1.54, 1.807) is 0 Å². The number of hydrogen-bond donors (Lipinski definition) is 1. The van der Waals surface area contributed by atoms with E-state index in [-0.39, 0.29) is 0 Å². The van der Waals surface area contributed by atoms with Crippen LogP contribution >= 0.6 is 11.3 Å². The summed E-state index contributed by atoms with van der Waals surface area (Å²) in [5.74, 6) is -0.446. The second-order valence-corrected chi connectivity index (χ2v) is 6.94. The number of nitrogens with zero attached hydrogens (tertiary/aromatic N) is 3. The Labute approximate surface area is 123 Å². The van der Waals surface area contributed by atoms with Gasteiger partial charge in [0.2, 0.25) is 0 Å². The fraction of sp³-hybridized carbons (Fsp3) is 0.714. The zero-order valence-corrected chi connectivity index (χ0v) is 12.8. The van der Waals surface area contributed by atoms with Gasteiger partial charge >= 0.3 is 5.97 Å². The Balaban J connectivity index is 1.82. The van der Waals surface area contributed by atoms with Crippen molar-refractivity contribution in [1.29, 1.82) is 0 Å². The zero-order valence-electron chi connectivity index (χ0n) is 12.0. The highest BCUT2D eigenvalue weighted by atomic mass is 32.1. The summed E-state index contributed by atoms with van der Waals surface area (Å²) in [6.45, 7) is 2.17. The smallest absolute Gasteiger partial charge is 0.347 e. The van der Waals surface area contributed by atoms with Gasteiger partial charge in [0.15, 0.2) is 5.13 Å². The zero-order chi connectivity index (χ0) is 14.3. The number of thiazole rings is 1. The van der Waals surface area contributed by atoms with Crippen LogP contribution in [-0.2, 0) is 0 Å². The Bertz CT molecular complexity index is 513. The molecule has 0 bridgehead atoms. The molecule has 0 aromatic carbocycles. The maximum Gasteiger partial charge on any atom is 0.347 e. The number of rotatable bonds is 4. The molecule has 1 saturated heterocycles. The first-order valence-electron chi connectivity index (χ1n) is 7.21. The topological polar surface area (TPSA) is 56.7 Å². The highest BCUT2D eigenvalue weighted by Gasteiger charge is 2.33. The van der Waals surface area contributed by atoms with Gasteiger partial charge in [0.25, 0.3) is 0 Å². The van der Waals surface area contributed by atoms with E-state index < -0.39 is 5.97 Å². The molecule has 6 heteroatoms. The van der Waals surface area contributed by atoms with E-state index in [2.05, 4.69) is 21.8 Å². The third-order valence-corrected chi connectivity index (χ3v) is 5.40. The molecule has 1 atom stereocenters. The molecule has 1 saturated carbocycles. The number of likely N-dealkylation sites (N-methyl/N-ethyl adjacent to an activating group) is 2. The number of aromatic nitrogens is 1. The van der Waals surface area contributed by atoms with E-state index in [9.17, 15) is 9.90 Å². The van der Waals surface area contributed by atoms with Crippen molar-refractivity contribution in [3.8, 4) is 0 Å². The van der Waals surface area contributed by atoms with Crippen LogP contribution in [0.5, 0.6) is 0 Å². The normalized spacial score (nSPS) is 23.8. The average molecular weight is 295 g/mol. The molecule has 20 heavy (non-hydrogen) atoms. The fourth-order valence-electron chi connectivity index (χ4n) is 2.87. The molecule has 1 aliphatic heterocycles. The molecule has 1 aromatic rings. The minimum atomic E-state index is -0.829. The molecule has 5 nitrogen and oxygen atoms in total. The summed E-state index contributed by atoms with van der Waals surface area (Å²) in [6, 6.07) is 0.439. The molecule has 2 heterocycles. The van der Waals surface area contributed by atoms with Crippen molar-refractivity contribution in [2.75, 3.05) is 32.1 Å². The largest absolute Gasteiger partial charge is 0.477 e. The summed E-state index contributed by atoms with van der Waals surface area (Å²) < 4.78 is 0. The summed E-state index contributed by atoms with van der Waals surface area (Å²) in [5, 5.41) is 10.2. The molecule has 1 aromatic heterocycles. The van der Waals surface area contributed by atoms with Gasteiger partial charge in [-0.3, -0.25) is 0 Å². The van der Waals surface area contributed by atoms with Crippen LogP contribution in [0.25, 0.3) is 0 Å². The Morgan fingerprint density at radius 3 is 2.80 bits per heavy atom. The van der Waals surface area contributed by atoms with Crippen LogP contribution in [0.2, 0.25) is 0 Å². The van der Waals surface area contributed by atoms with E-state index >= 15 is 0 Å². The van der Waals surface area contributed by atoms with Gasteiger partial charge in [-0.05, 0) is 39.3 Å². The SMILES string of the molecule is CN1CCCC(N(C)c2nc(C3CC3)c(C(=O)O)s2)C1. The molecular weight excluding hydrogens is 274 g/mol. The van der Waals surface area contributed by atoms with E-state index in [1.807, 2.05) is 7.05 Å². The van der Waals surface area contributed by atoms with Gasteiger partial charge in [0, 0.05) is 25.6 Å². The second kappa shape index (κ2) is 5.33. The van der Waals surface area contributed by atoms with Gasteiger partial charge in [-0.25, -0.2) is 9.78 Å². The summed E-state index contributed by atoms with van der Waals surface area (Å²) in [5.41, 5.74) is 0.813. The molecule has 1 N–H and O–H groups in total. The first-order chi connectivity index (χ1) is 9.56. The van der Waals surface area contributed by atoms with Gasteiger partial charge in [-0.2, -0.15) is 0 Å². The van der Waals surface area contributed by atoms with Crippen molar-refractivity contribution in [2.24, 2.45) is 0 Å². The van der Waals surface area contributed by atoms with Crippen LogP contribution in [0.3, 0.4) is 0 Å². The lowest BCUT2D eigenvalue weighted by atomic mass is 10.1. The monoisotopic (exact) mass is 295 g/mol. The molecule has 0 spiro atoms. The van der Waals surface area contributed by atoms with Crippen molar-refractivity contribution in [3.05, 3.63) is 10.6 Å². The summed E-state index contributed by atoms with van der Waals surface area (Å²) in [6.07, 6.45) is 4.51. The van der Waals surface area contributed by atoms with Gasteiger partial charge in [-0.15, -0.1) is 0 Å². The van der Waals surface area contributed by atoms with Gasteiger partial charge in [-0.1, -0.05) is 11.3 Å². The number of likely N-dealkylation sites (tertiary alicyclic amines) is 1. The first-order valence-corrected chi connectivity index (χ1v) is 8.03. The molecule has 3 rings (SSSR count). The number of hydrogen-bond acceptors (Lipinski definition) is 5. The van der Waals surface area contributed by atoms with Crippen molar-refractivity contribution in [1.82, 2.24) is 9.88 Å². The van der Waals surface area contributed by atoms with Crippen LogP contribution in [0.1, 0.15) is 47.0 Å². The highest BCUT2D eigenvalue weighted by Crippen LogP contribution is 2.44. The molecule has 1 unspecified atom stereocenters. The standard InChI is InChI=1S/C14H21N3O2S/c1-16-7-3-4-10(8-16)17(2)14-15-11(9-5-6-9)12(20-14)13(18)19/h9-10H,3-8H2,1-2H3,(H,18,19). The van der Waals surface area contributed by atoms with Crippen LogP contribution in [0, 0.1) is 0 Å². The highest BCUT2D eigenvalue weighted by molar-refractivity contribution is 7.17. The van der Waals surface area contributed by atoms with E-state index in [1.165, 1.54) is 17.8 Å². The number of carboxylic acids is 1. The van der Waals surface area contributed by atoms with Crippen molar-refractivity contribution in [3.63, 3.8) is 0 Å². The molecule has 0 radical (unpaired) electrons. The Hall–Kier alpha value is -1.14. The molecular formula is C14H21N3O2S. The average Bonchev–Trinajstić information content (AvgIpc) is 3.16. The Kier molecular flexibility index (Phi) is 3.69. The van der Waals surface area contributed by atoms with Gasteiger partial charge < -0.3 is 14.9 Å². The predicted molar refractivity (Wildman–Crippen MR) is 80.0 cm³/mol. The third-order valence-electron chi connectivity index (χ3n) is 4.25. The van der Waals surface area contributed by atoms with Gasteiger partial charge in [0.1, 0.15) is 4.88 Å². The molecule has 2 fully saturated rings. The maximum absolute atomic E-state index is 11.4. The second-order valence-electron chi connectivity index (χ2n) is 5.96. The number of aromatic carboxylic acids is 1. The molecule has 1 aliphatic carbocycles. The third kappa shape index (κ3) is 2.67. The predicted octanol–water partition coefficient (Wildman–Crippen LogP) is 2.25. The Morgan fingerprint density at radius 2 is 2.20 bits per heavy atom. The Morgan fingerprint density at radius 1 is 1.45 bits per heavy atom. The first kappa shape index (κ1) is 13.8. The van der Waals surface area contributed by atoms with Crippen molar-refractivity contribution < 1.29 is 9.90 Å². The maximum atomic E-state index is 11.4. The van der Waals surface area contributed by atoms with Crippen LogP contribution in [0.15, 0.2) is 0 Å². The van der Waals surface area contributed by atoms with Crippen LogP contribution < -0.4 is 4.90 Å². The number of carboxylic acid groups (broad SMARTS) is 1. The fourth-order valence-corrected chi connectivity index (χ4v) is 3.89. The van der Waals surface area contributed by atoms with Crippen molar-refractivity contribution in [2.45, 2.75) is 37.6 Å². The quantitative estimate of drug-likeness (QED) is 0.923. The van der Waals surface area contributed by atoms with Crippen LogP contribution in [0.4, 0.5) is 5.13 Å².